The first-order valence-corrected chi connectivity index (χ1v) is 8.12. The number of nitrogens with two attached hydrogens (primary N) is 1. The molecule has 1 atom stereocenters. The number of aromatic nitrogens is 3. The molecule has 3 rings (SSSR count). The third kappa shape index (κ3) is 3.92. The Morgan fingerprint density at radius 2 is 2.07 bits per heavy atom. The van der Waals surface area contributed by atoms with Gasteiger partial charge in [-0.15, -0.1) is 0 Å². The lowest BCUT2D eigenvalue weighted by molar-refractivity contribution is -0.137. The maximum absolute atomic E-state index is 12.7. The van der Waals surface area contributed by atoms with Crippen LogP contribution < -0.4 is 11.1 Å². The Balaban J connectivity index is 1.88. The normalized spacial score (nSPS) is 11.7. The number of ketones is 1. The zero-order valence-corrected chi connectivity index (χ0v) is 14.4. The van der Waals surface area contributed by atoms with Crippen molar-refractivity contribution in [2.24, 2.45) is 5.73 Å². The Morgan fingerprint density at radius 3 is 2.70 bits per heavy atom. The van der Waals surface area contributed by atoms with Gasteiger partial charge in [0.25, 0.3) is 11.8 Å². The average Bonchev–Trinajstić information content (AvgIpc) is 3.30. The molecule has 0 aliphatic heterocycles. The molecule has 4 N–H and O–H groups in total. The summed E-state index contributed by atoms with van der Waals surface area (Å²) in [4.78, 5) is 43.3. The molecule has 9 nitrogen and oxygen atoms in total. The molecule has 3 aromatic rings. The van der Waals surface area contributed by atoms with Crippen molar-refractivity contribution in [3.8, 4) is 11.3 Å². The Bertz CT molecular complexity index is 963. The quantitative estimate of drug-likeness (QED) is 0.526. The van der Waals surface area contributed by atoms with Gasteiger partial charge in [0.15, 0.2) is 0 Å². The second kappa shape index (κ2) is 7.65. The highest BCUT2D eigenvalue weighted by molar-refractivity contribution is 6.38. The number of carbonyl (C=O) groups excluding carboxylic acids is 3. The highest BCUT2D eigenvalue weighted by Gasteiger charge is 2.29. The van der Waals surface area contributed by atoms with E-state index in [9.17, 15) is 14.4 Å². The molecule has 0 fully saturated rings. The van der Waals surface area contributed by atoms with E-state index in [1.165, 1.54) is 0 Å². The summed E-state index contributed by atoms with van der Waals surface area (Å²) < 4.78 is 5.15. The van der Waals surface area contributed by atoms with Gasteiger partial charge in [-0.25, -0.2) is 0 Å². The summed E-state index contributed by atoms with van der Waals surface area (Å²) in [5.41, 5.74) is 7.16. The number of Topliss-reactive ketones (excluding diaryl/α,β-unsaturated/α-hetero) is 1. The molecule has 27 heavy (non-hydrogen) atoms. The van der Waals surface area contributed by atoms with Crippen LogP contribution in [0.5, 0.6) is 0 Å². The van der Waals surface area contributed by atoms with Gasteiger partial charge in [-0.05, 0) is 31.2 Å². The smallest absolute Gasteiger partial charge is 0.291 e. The van der Waals surface area contributed by atoms with Gasteiger partial charge < -0.3 is 20.6 Å². The average molecular weight is 367 g/mol. The standard InChI is InChI=1S/C18H17N5O4/c1-10-14(12-6-2-3-7-21-12)16(27-23-10)18(26)22-13(15(24)17(19)25)9-11-5-4-8-20-11/h2-8,13,20H,9H2,1H3,(H2,19,25)(H,22,26). The van der Waals surface area contributed by atoms with Crippen LogP contribution in [0.1, 0.15) is 21.9 Å². The number of pyridine rings is 1. The van der Waals surface area contributed by atoms with Gasteiger partial charge in [-0.1, -0.05) is 11.2 Å². The van der Waals surface area contributed by atoms with Gasteiger partial charge in [-0.3, -0.25) is 19.4 Å². The van der Waals surface area contributed by atoms with E-state index in [2.05, 4.69) is 20.4 Å². The van der Waals surface area contributed by atoms with E-state index in [0.29, 0.717) is 22.6 Å². The zero-order chi connectivity index (χ0) is 19.4. The van der Waals surface area contributed by atoms with E-state index in [4.69, 9.17) is 10.3 Å². The highest BCUT2D eigenvalue weighted by atomic mass is 16.5. The molecule has 0 spiro atoms. The van der Waals surface area contributed by atoms with Gasteiger partial charge in [0.2, 0.25) is 11.5 Å². The minimum absolute atomic E-state index is 0.0759. The number of hydrogen-bond donors (Lipinski definition) is 3. The van der Waals surface area contributed by atoms with Crippen LogP contribution in [0.3, 0.4) is 0 Å². The molecule has 138 valence electrons. The number of aryl methyl sites for hydroxylation is 1. The van der Waals surface area contributed by atoms with Crippen molar-refractivity contribution < 1.29 is 18.9 Å². The van der Waals surface area contributed by atoms with E-state index in [0.717, 1.165) is 0 Å². The lowest BCUT2D eigenvalue weighted by Gasteiger charge is -2.15. The molecular weight excluding hydrogens is 350 g/mol. The number of nitrogens with one attached hydrogen (secondary N) is 2. The van der Waals surface area contributed by atoms with Crippen LogP contribution in [0.4, 0.5) is 0 Å². The summed E-state index contributed by atoms with van der Waals surface area (Å²) in [6, 6.07) is 7.54. The number of hydrogen-bond acceptors (Lipinski definition) is 6. The molecule has 1 unspecified atom stereocenters. The number of carbonyl (C=O) groups is 3. The number of rotatable bonds is 7. The van der Waals surface area contributed by atoms with Gasteiger partial charge in [-0.2, -0.15) is 0 Å². The third-order valence-corrected chi connectivity index (χ3v) is 3.94. The molecule has 0 saturated carbocycles. The van der Waals surface area contributed by atoms with Crippen molar-refractivity contribution in [2.45, 2.75) is 19.4 Å². The number of aromatic amines is 1. The first-order chi connectivity index (χ1) is 13.0. The van der Waals surface area contributed by atoms with E-state index in [-0.39, 0.29) is 12.2 Å². The summed E-state index contributed by atoms with van der Waals surface area (Å²) in [5.74, 6) is -2.83. The molecule has 3 heterocycles. The third-order valence-electron chi connectivity index (χ3n) is 3.94. The molecule has 3 aromatic heterocycles. The maximum atomic E-state index is 12.7. The number of amides is 2. The molecule has 0 saturated heterocycles. The van der Waals surface area contributed by atoms with Crippen LogP contribution in [-0.2, 0) is 16.0 Å². The predicted octanol–water partition coefficient (Wildman–Crippen LogP) is 0.769. The predicted molar refractivity (Wildman–Crippen MR) is 94.4 cm³/mol. The van der Waals surface area contributed by atoms with Crippen LogP contribution in [0.25, 0.3) is 11.3 Å². The number of primary amides is 1. The fourth-order valence-electron chi connectivity index (χ4n) is 2.66. The second-order valence-electron chi connectivity index (χ2n) is 5.84. The Hall–Kier alpha value is -3.75. The van der Waals surface area contributed by atoms with Crippen molar-refractivity contribution in [1.82, 2.24) is 20.4 Å². The van der Waals surface area contributed by atoms with Crippen LogP contribution in [0.15, 0.2) is 47.2 Å². The van der Waals surface area contributed by atoms with Crippen molar-refractivity contribution in [2.75, 3.05) is 0 Å². The van der Waals surface area contributed by atoms with Gasteiger partial charge in [0, 0.05) is 24.5 Å². The summed E-state index contributed by atoms with van der Waals surface area (Å²) >= 11 is 0. The van der Waals surface area contributed by atoms with Crippen LogP contribution in [0, 0.1) is 6.92 Å². The monoisotopic (exact) mass is 367 g/mol. The molecule has 2 amide bonds. The number of nitrogens with zero attached hydrogens (tertiary/aromatic N) is 2. The molecule has 9 heteroatoms. The zero-order valence-electron chi connectivity index (χ0n) is 14.4. The van der Waals surface area contributed by atoms with E-state index < -0.39 is 23.6 Å². The van der Waals surface area contributed by atoms with Crippen LogP contribution in [0.2, 0.25) is 0 Å². The van der Waals surface area contributed by atoms with Crippen molar-refractivity contribution in [3.05, 3.63) is 59.9 Å². The number of H-pyrrole nitrogens is 1. The molecule has 0 aromatic carbocycles. The SMILES string of the molecule is Cc1noc(C(=O)NC(Cc2ccc[nH]2)C(=O)C(N)=O)c1-c1ccccn1. The van der Waals surface area contributed by atoms with Crippen molar-refractivity contribution in [3.63, 3.8) is 0 Å². The van der Waals surface area contributed by atoms with Crippen molar-refractivity contribution in [1.29, 1.82) is 0 Å². The Labute approximate surface area is 154 Å². The molecular formula is C18H17N5O4. The van der Waals surface area contributed by atoms with E-state index in [1.807, 2.05) is 0 Å². The maximum Gasteiger partial charge on any atom is 0.291 e. The highest BCUT2D eigenvalue weighted by Crippen LogP contribution is 2.25. The van der Waals surface area contributed by atoms with Crippen LogP contribution in [-0.4, -0.2) is 38.8 Å². The summed E-state index contributed by atoms with van der Waals surface area (Å²) in [5, 5.41) is 6.32. The largest absolute Gasteiger partial charge is 0.365 e. The van der Waals surface area contributed by atoms with Gasteiger partial charge in [0.05, 0.1) is 17.0 Å². The first-order valence-electron chi connectivity index (χ1n) is 8.12. The fourth-order valence-corrected chi connectivity index (χ4v) is 2.66. The van der Waals surface area contributed by atoms with Gasteiger partial charge in [0.1, 0.15) is 6.04 Å². The summed E-state index contributed by atoms with van der Waals surface area (Å²) in [6.45, 7) is 1.68. The van der Waals surface area contributed by atoms with Crippen LogP contribution >= 0.6 is 0 Å². The topological polar surface area (TPSA) is 144 Å². The Morgan fingerprint density at radius 1 is 1.26 bits per heavy atom. The molecule has 0 radical (unpaired) electrons. The lowest BCUT2D eigenvalue weighted by atomic mass is 10.0. The lowest BCUT2D eigenvalue weighted by Crippen LogP contribution is -2.47. The Kier molecular flexibility index (Phi) is 5.11. The molecule has 0 bridgehead atoms. The fraction of sp³-hybridized carbons (Fsp3) is 0.167. The minimum Gasteiger partial charge on any atom is -0.365 e. The summed E-state index contributed by atoms with van der Waals surface area (Å²) in [6.07, 6.45) is 3.32. The van der Waals surface area contributed by atoms with Gasteiger partial charge >= 0.3 is 0 Å². The second-order valence-corrected chi connectivity index (χ2v) is 5.84. The molecule has 0 aliphatic carbocycles. The first kappa shape index (κ1) is 18.1. The van der Waals surface area contributed by atoms with Crippen molar-refractivity contribution >= 4 is 17.6 Å². The van der Waals surface area contributed by atoms with E-state index >= 15 is 0 Å². The minimum atomic E-state index is -1.14. The van der Waals surface area contributed by atoms with E-state index in [1.54, 1.807) is 49.6 Å². The summed E-state index contributed by atoms with van der Waals surface area (Å²) in [7, 11) is 0. The molecule has 0 aliphatic rings.